The molecule has 0 bridgehead atoms. The third-order valence-corrected chi connectivity index (χ3v) is 3.73. The second kappa shape index (κ2) is 3.20. The van der Waals surface area contributed by atoms with Crippen LogP contribution in [0.3, 0.4) is 0 Å². The molecule has 1 aliphatic carbocycles. The fourth-order valence-electron chi connectivity index (χ4n) is 3.15. The first kappa shape index (κ1) is 10.1. The van der Waals surface area contributed by atoms with Crippen molar-refractivity contribution in [2.75, 3.05) is 0 Å². The maximum atomic E-state index is 13.2. The van der Waals surface area contributed by atoms with E-state index in [1.54, 1.807) is 6.07 Å². The minimum atomic E-state index is -0.254. The number of rotatable bonds is 0. The molecule has 1 aromatic carbocycles. The van der Waals surface area contributed by atoms with Crippen LogP contribution < -0.4 is 10.5 Å². The number of hydrogen-bond donors (Lipinski definition) is 1. The third kappa shape index (κ3) is 1.42. The lowest BCUT2D eigenvalue weighted by Crippen LogP contribution is -2.52. The Morgan fingerprint density at radius 2 is 2.12 bits per heavy atom. The van der Waals surface area contributed by atoms with Crippen molar-refractivity contribution in [3.05, 3.63) is 29.6 Å². The molecule has 1 unspecified atom stereocenters. The predicted octanol–water partition coefficient (Wildman–Crippen LogP) is 2.78. The van der Waals surface area contributed by atoms with E-state index in [0.717, 1.165) is 24.8 Å². The van der Waals surface area contributed by atoms with E-state index in [0.29, 0.717) is 11.7 Å². The molecule has 1 aromatic rings. The zero-order chi connectivity index (χ0) is 11.3. The summed E-state index contributed by atoms with van der Waals surface area (Å²) in [6.07, 6.45) is 2.93. The minimum Gasteiger partial charge on any atom is -0.487 e. The van der Waals surface area contributed by atoms with Gasteiger partial charge in [-0.25, -0.2) is 4.39 Å². The number of hydrogen-bond acceptors (Lipinski definition) is 2. The fourth-order valence-corrected chi connectivity index (χ4v) is 3.15. The van der Waals surface area contributed by atoms with Crippen LogP contribution in [0.5, 0.6) is 5.75 Å². The maximum absolute atomic E-state index is 13.2. The standard InChI is InChI=1S/C13H16FNO/c1-8-5-13(6-8)7-11(15)10-3-2-9(14)4-12(10)16-13/h2-4,8,11H,5-7,15H2,1H3. The summed E-state index contributed by atoms with van der Waals surface area (Å²) in [7, 11) is 0. The van der Waals surface area contributed by atoms with Gasteiger partial charge in [-0.3, -0.25) is 0 Å². The summed E-state index contributed by atoms with van der Waals surface area (Å²) in [4.78, 5) is 0. The van der Waals surface area contributed by atoms with Crippen molar-refractivity contribution in [2.24, 2.45) is 11.7 Å². The topological polar surface area (TPSA) is 35.2 Å². The Balaban J connectivity index is 1.95. The van der Waals surface area contributed by atoms with Crippen molar-refractivity contribution in [2.45, 2.75) is 37.8 Å². The largest absolute Gasteiger partial charge is 0.487 e. The van der Waals surface area contributed by atoms with Crippen molar-refractivity contribution in [1.82, 2.24) is 0 Å². The SMILES string of the molecule is CC1CC2(C1)CC(N)c1ccc(F)cc1O2. The van der Waals surface area contributed by atoms with Gasteiger partial charge in [0.1, 0.15) is 17.2 Å². The number of ether oxygens (including phenoxy) is 1. The van der Waals surface area contributed by atoms with E-state index >= 15 is 0 Å². The van der Waals surface area contributed by atoms with Gasteiger partial charge in [-0.2, -0.15) is 0 Å². The molecule has 1 aliphatic heterocycles. The average Bonchev–Trinajstić information content (AvgIpc) is 2.14. The van der Waals surface area contributed by atoms with Crippen LogP contribution in [0.1, 0.15) is 37.8 Å². The molecule has 16 heavy (non-hydrogen) atoms. The smallest absolute Gasteiger partial charge is 0.127 e. The predicted molar refractivity (Wildman–Crippen MR) is 59.7 cm³/mol. The van der Waals surface area contributed by atoms with E-state index in [9.17, 15) is 4.39 Å². The van der Waals surface area contributed by atoms with Crippen LogP contribution in [0.25, 0.3) is 0 Å². The summed E-state index contributed by atoms with van der Waals surface area (Å²) < 4.78 is 19.1. The summed E-state index contributed by atoms with van der Waals surface area (Å²) in [6, 6.07) is 4.63. The first-order valence-electron chi connectivity index (χ1n) is 5.82. The number of halogens is 1. The van der Waals surface area contributed by atoms with E-state index in [1.165, 1.54) is 12.1 Å². The normalized spacial score (nSPS) is 36.4. The first-order chi connectivity index (χ1) is 7.58. The van der Waals surface area contributed by atoms with Gasteiger partial charge in [-0.15, -0.1) is 0 Å². The van der Waals surface area contributed by atoms with Gasteiger partial charge in [0.15, 0.2) is 0 Å². The Labute approximate surface area is 94.6 Å². The maximum Gasteiger partial charge on any atom is 0.127 e. The van der Waals surface area contributed by atoms with Gasteiger partial charge in [0.05, 0.1) is 0 Å². The highest BCUT2D eigenvalue weighted by Gasteiger charge is 2.48. The van der Waals surface area contributed by atoms with Crippen LogP contribution in [-0.4, -0.2) is 5.60 Å². The van der Waals surface area contributed by atoms with Gasteiger partial charge < -0.3 is 10.5 Å². The molecule has 86 valence electrons. The highest BCUT2D eigenvalue weighted by molar-refractivity contribution is 5.39. The summed E-state index contributed by atoms with van der Waals surface area (Å²) in [5.41, 5.74) is 6.95. The van der Waals surface area contributed by atoms with Gasteiger partial charge in [-0.1, -0.05) is 13.0 Å². The van der Waals surface area contributed by atoms with Crippen molar-refractivity contribution in [1.29, 1.82) is 0 Å². The highest BCUT2D eigenvalue weighted by atomic mass is 19.1. The zero-order valence-electron chi connectivity index (χ0n) is 9.37. The van der Waals surface area contributed by atoms with Crippen LogP contribution in [0.2, 0.25) is 0 Å². The van der Waals surface area contributed by atoms with E-state index in [-0.39, 0.29) is 17.5 Å². The Kier molecular flexibility index (Phi) is 2.02. The molecule has 0 aromatic heterocycles. The molecule has 1 spiro atoms. The molecular weight excluding hydrogens is 205 g/mol. The van der Waals surface area contributed by atoms with E-state index in [1.807, 2.05) is 0 Å². The van der Waals surface area contributed by atoms with Gasteiger partial charge >= 0.3 is 0 Å². The molecule has 3 heteroatoms. The Morgan fingerprint density at radius 1 is 1.38 bits per heavy atom. The molecule has 2 nitrogen and oxygen atoms in total. The van der Waals surface area contributed by atoms with Gasteiger partial charge in [0.25, 0.3) is 0 Å². The van der Waals surface area contributed by atoms with E-state index < -0.39 is 0 Å². The third-order valence-electron chi connectivity index (χ3n) is 3.73. The van der Waals surface area contributed by atoms with Crippen LogP contribution >= 0.6 is 0 Å². The highest BCUT2D eigenvalue weighted by Crippen LogP contribution is 2.50. The second-order valence-electron chi connectivity index (χ2n) is 5.29. The monoisotopic (exact) mass is 221 g/mol. The summed E-state index contributed by atoms with van der Waals surface area (Å²) >= 11 is 0. The Morgan fingerprint density at radius 3 is 2.81 bits per heavy atom. The Bertz CT molecular complexity index is 426. The first-order valence-corrected chi connectivity index (χ1v) is 5.82. The van der Waals surface area contributed by atoms with Gasteiger partial charge in [-0.05, 0) is 24.8 Å². The molecule has 2 N–H and O–H groups in total. The summed E-state index contributed by atoms with van der Waals surface area (Å²) in [5.74, 6) is 1.09. The molecule has 1 atom stereocenters. The van der Waals surface area contributed by atoms with Crippen LogP contribution in [0, 0.1) is 11.7 Å². The van der Waals surface area contributed by atoms with Crippen molar-refractivity contribution < 1.29 is 9.13 Å². The lowest BCUT2D eigenvalue weighted by atomic mass is 9.67. The van der Waals surface area contributed by atoms with Crippen LogP contribution in [0.4, 0.5) is 4.39 Å². The molecular formula is C13H16FNO. The molecule has 0 amide bonds. The van der Waals surface area contributed by atoms with Crippen molar-refractivity contribution >= 4 is 0 Å². The lowest BCUT2D eigenvalue weighted by molar-refractivity contribution is -0.0659. The lowest BCUT2D eigenvalue weighted by Gasteiger charge is -2.50. The van der Waals surface area contributed by atoms with Crippen LogP contribution in [-0.2, 0) is 0 Å². The molecule has 1 heterocycles. The number of fused-ring (bicyclic) bond motifs is 1. The molecule has 0 saturated heterocycles. The number of nitrogens with two attached hydrogens (primary N) is 1. The van der Waals surface area contributed by atoms with E-state index in [4.69, 9.17) is 10.5 Å². The molecule has 1 saturated carbocycles. The quantitative estimate of drug-likeness (QED) is 0.731. The molecule has 1 fully saturated rings. The molecule has 0 radical (unpaired) electrons. The van der Waals surface area contributed by atoms with Gasteiger partial charge in [0.2, 0.25) is 0 Å². The number of benzene rings is 1. The van der Waals surface area contributed by atoms with Crippen molar-refractivity contribution in [3.8, 4) is 5.75 Å². The second-order valence-corrected chi connectivity index (χ2v) is 5.29. The molecule has 3 rings (SSSR count). The summed E-state index contributed by atoms with van der Waals surface area (Å²) in [6.45, 7) is 2.21. The average molecular weight is 221 g/mol. The Hall–Kier alpha value is -1.09. The minimum absolute atomic E-state index is 0.0168. The summed E-state index contributed by atoms with van der Waals surface area (Å²) in [5, 5.41) is 0. The van der Waals surface area contributed by atoms with E-state index in [2.05, 4.69) is 6.92 Å². The van der Waals surface area contributed by atoms with Crippen LogP contribution in [0.15, 0.2) is 18.2 Å². The van der Waals surface area contributed by atoms with Crippen molar-refractivity contribution in [3.63, 3.8) is 0 Å². The van der Waals surface area contributed by atoms with Gasteiger partial charge in [0, 0.05) is 24.1 Å². The zero-order valence-corrected chi connectivity index (χ0v) is 9.37. The fraction of sp³-hybridized carbons (Fsp3) is 0.538. The molecule has 2 aliphatic rings.